The van der Waals surface area contributed by atoms with Gasteiger partial charge in [-0.25, -0.2) is 13.2 Å². The van der Waals surface area contributed by atoms with E-state index in [9.17, 15) is 13.2 Å². The summed E-state index contributed by atoms with van der Waals surface area (Å²) in [5.74, 6) is -0.631. The van der Waals surface area contributed by atoms with Crippen molar-refractivity contribution < 1.29 is 22.4 Å². The highest BCUT2D eigenvalue weighted by atomic mass is 79.9. The first-order chi connectivity index (χ1) is 11.9. The Labute approximate surface area is 153 Å². The van der Waals surface area contributed by atoms with Crippen LogP contribution in [0.15, 0.2) is 79.5 Å². The maximum atomic E-state index is 12.5. The number of benzene rings is 2. The van der Waals surface area contributed by atoms with Crippen LogP contribution in [0, 0.1) is 6.92 Å². The summed E-state index contributed by atoms with van der Waals surface area (Å²) < 4.78 is 36.3. The third-order valence-corrected chi connectivity index (χ3v) is 5.57. The van der Waals surface area contributed by atoms with E-state index in [4.69, 9.17) is 9.15 Å². The van der Waals surface area contributed by atoms with Crippen molar-refractivity contribution in [3.05, 3.63) is 76.5 Å². The van der Waals surface area contributed by atoms with Crippen molar-refractivity contribution in [3.63, 3.8) is 0 Å². The summed E-state index contributed by atoms with van der Waals surface area (Å²) in [7, 11) is -3.83. The predicted molar refractivity (Wildman–Crippen MR) is 94.4 cm³/mol. The number of esters is 1. The van der Waals surface area contributed by atoms with Gasteiger partial charge in [-0.1, -0.05) is 33.6 Å². The van der Waals surface area contributed by atoms with Crippen LogP contribution in [0.25, 0.3) is 0 Å². The predicted octanol–water partition coefficient (Wildman–Crippen LogP) is 4.40. The minimum atomic E-state index is -3.83. The van der Waals surface area contributed by atoms with Gasteiger partial charge in [-0.15, -0.1) is 0 Å². The number of aryl methyl sites for hydroxylation is 1. The van der Waals surface area contributed by atoms with E-state index >= 15 is 0 Å². The molecule has 128 valence electrons. The minimum Gasteiger partial charge on any atom is -0.437 e. The zero-order chi connectivity index (χ0) is 18.0. The Hall–Kier alpha value is -2.38. The second-order valence-electron chi connectivity index (χ2n) is 5.28. The lowest BCUT2D eigenvalue weighted by molar-refractivity contribution is 0.0695. The van der Waals surface area contributed by atoms with Crippen LogP contribution >= 0.6 is 15.9 Å². The zero-order valence-corrected chi connectivity index (χ0v) is 15.5. The van der Waals surface area contributed by atoms with Gasteiger partial charge in [0.1, 0.15) is 5.75 Å². The summed E-state index contributed by atoms with van der Waals surface area (Å²) in [5, 5.41) is -0.306. The van der Waals surface area contributed by atoms with Gasteiger partial charge >= 0.3 is 5.97 Å². The fourth-order valence-electron chi connectivity index (χ4n) is 2.07. The number of furan rings is 1. The molecule has 0 unspecified atom stereocenters. The smallest absolute Gasteiger partial charge is 0.379 e. The topological polar surface area (TPSA) is 73.6 Å². The molecule has 7 heteroatoms. The average Bonchev–Trinajstić information content (AvgIpc) is 3.08. The van der Waals surface area contributed by atoms with Crippen LogP contribution in [0.4, 0.5) is 0 Å². The lowest BCUT2D eigenvalue weighted by atomic mass is 10.2. The van der Waals surface area contributed by atoms with Crippen molar-refractivity contribution >= 4 is 31.7 Å². The third kappa shape index (κ3) is 3.83. The molecule has 1 aromatic heterocycles. The highest BCUT2D eigenvalue weighted by Crippen LogP contribution is 2.24. The molecular weight excluding hydrogens is 408 g/mol. The molecule has 25 heavy (non-hydrogen) atoms. The maximum absolute atomic E-state index is 12.5. The standard InChI is InChI=1S/C18H13BrO5S/c1-12-2-8-15(9-3-12)25(21,22)17-11-10-16(24-17)18(20)23-14-6-4-13(19)5-7-14/h2-11H,1H3. The third-order valence-electron chi connectivity index (χ3n) is 3.40. The second kappa shape index (κ2) is 6.85. The lowest BCUT2D eigenvalue weighted by Gasteiger charge is -2.03. The lowest BCUT2D eigenvalue weighted by Crippen LogP contribution is -2.07. The SMILES string of the molecule is Cc1ccc(S(=O)(=O)c2ccc(C(=O)Oc3ccc(Br)cc3)o2)cc1. The summed E-state index contributed by atoms with van der Waals surface area (Å²) >= 11 is 3.28. The number of carbonyl (C=O) groups excluding carboxylic acids is 1. The van der Waals surface area contributed by atoms with E-state index in [0.29, 0.717) is 5.75 Å². The van der Waals surface area contributed by atoms with E-state index in [1.165, 1.54) is 24.3 Å². The second-order valence-corrected chi connectivity index (χ2v) is 8.07. The van der Waals surface area contributed by atoms with Gasteiger partial charge in [0.05, 0.1) is 4.90 Å². The van der Waals surface area contributed by atoms with Crippen LogP contribution in [-0.4, -0.2) is 14.4 Å². The van der Waals surface area contributed by atoms with Gasteiger partial charge in [-0.05, 0) is 55.5 Å². The van der Waals surface area contributed by atoms with Crippen LogP contribution in [0.2, 0.25) is 0 Å². The van der Waals surface area contributed by atoms with Crippen molar-refractivity contribution in [1.82, 2.24) is 0 Å². The quantitative estimate of drug-likeness (QED) is 0.461. The Balaban J connectivity index is 1.82. The first kappa shape index (κ1) is 17.4. The Morgan fingerprint density at radius 3 is 2.24 bits per heavy atom. The number of sulfone groups is 1. The van der Waals surface area contributed by atoms with Crippen LogP contribution in [0.1, 0.15) is 16.1 Å². The molecule has 0 N–H and O–H groups in total. The Kier molecular flexibility index (Phi) is 4.78. The molecule has 0 fully saturated rings. The summed E-state index contributed by atoms with van der Waals surface area (Å²) in [4.78, 5) is 12.2. The van der Waals surface area contributed by atoms with E-state index in [1.807, 2.05) is 6.92 Å². The van der Waals surface area contributed by atoms with Crippen molar-refractivity contribution in [2.75, 3.05) is 0 Å². The molecule has 0 aliphatic heterocycles. The molecule has 0 saturated heterocycles. The van der Waals surface area contributed by atoms with Crippen LogP contribution in [-0.2, 0) is 9.84 Å². The van der Waals surface area contributed by atoms with Crippen molar-refractivity contribution in [2.24, 2.45) is 0 Å². The maximum Gasteiger partial charge on any atom is 0.379 e. The number of hydrogen-bond acceptors (Lipinski definition) is 5. The molecule has 0 spiro atoms. The number of halogens is 1. The first-order valence-corrected chi connectivity index (χ1v) is 9.53. The van der Waals surface area contributed by atoms with Gasteiger partial charge in [0.2, 0.25) is 20.7 Å². The molecule has 0 bridgehead atoms. The highest BCUT2D eigenvalue weighted by Gasteiger charge is 2.24. The van der Waals surface area contributed by atoms with Crippen molar-refractivity contribution in [3.8, 4) is 5.75 Å². The Bertz CT molecular complexity index is 1000. The van der Waals surface area contributed by atoms with Crippen LogP contribution < -0.4 is 4.74 Å². The van der Waals surface area contributed by atoms with Crippen molar-refractivity contribution in [2.45, 2.75) is 16.9 Å². The molecule has 1 heterocycles. The number of ether oxygens (including phenoxy) is 1. The Morgan fingerprint density at radius 2 is 1.60 bits per heavy atom. The molecular formula is C18H13BrO5S. The average molecular weight is 421 g/mol. The molecule has 5 nitrogen and oxygen atoms in total. The zero-order valence-electron chi connectivity index (χ0n) is 13.1. The van der Waals surface area contributed by atoms with Gasteiger partial charge < -0.3 is 9.15 Å². The fraction of sp³-hybridized carbons (Fsp3) is 0.0556. The minimum absolute atomic E-state index is 0.0975. The molecule has 3 aromatic rings. The van der Waals surface area contributed by atoms with Gasteiger partial charge in [0, 0.05) is 4.47 Å². The van der Waals surface area contributed by atoms with E-state index in [2.05, 4.69) is 15.9 Å². The highest BCUT2D eigenvalue weighted by molar-refractivity contribution is 9.10. The molecule has 0 saturated carbocycles. The van der Waals surface area contributed by atoms with E-state index in [0.717, 1.165) is 10.0 Å². The Morgan fingerprint density at radius 1 is 0.960 bits per heavy atom. The van der Waals surface area contributed by atoms with Crippen molar-refractivity contribution in [1.29, 1.82) is 0 Å². The molecule has 3 rings (SSSR count). The van der Waals surface area contributed by atoms with Crippen LogP contribution in [0.5, 0.6) is 5.75 Å². The summed E-state index contributed by atoms with van der Waals surface area (Å²) in [6.07, 6.45) is 0. The molecule has 0 amide bonds. The van der Waals surface area contributed by atoms with E-state index < -0.39 is 15.8 Å². The van der Waals surface area contributed by atoms with Gasteiger partial charge in [-0.3, -0.25) is 0 Å². The van der Waals surface area contributed by atoms with E-state index in [-0.39, 0.29) is 15.7 Å². The van der Waals surface area contributed by atoms with Gasteiger partial charge in [0.25, 0.3) is 0 Å². The number of rotatable bonds is 4. The largest absolute Gasteiger partial charge is 0.437 e. The fourth-order valence-corrected chi connectivity index (χ4v) is 3.51. The first-order valence-electron chi connectivity index (χ1n) is 7.25. The molecule has 0 radical (unpaired) electrons. The summed E-state index contributed by atoms with van der Waals surface area (Å²) in [6, 6.07) is 15.5. The summed E-state index contributed by atoms with van der Waals surface area (Å²) in [5.41, 5.74) is 0.942. The molecule has 0 atom stereocenters. The summed E-state index contributed by atoms with van der Waals surface area (Å²) in [6.45, 7) is 1.86. The van der Waals surface area contributed by atoms with E-state index in [1.54, 1.807) is 36.4 Å². The van der Waals surface area contributed by atoms with Gasteiger partial charge in [0.15, 0.2) is 0 Å². The molecule has 0 aliphatic rings. The number of hydrogen-bond donors (Lipinski definition) is 0. The normalized spacial score (nSPS) is 11.3. The van der Waals surface area contributed by atoms with Gasteiger partial charge in [-0.2, -0.15) is 0 Å². The molecule has 0 aliphatic carbocycles. The number of carbonyl (C=O) groups is 1. The van der Waals surface area contributed by atoms with Crippen LogP contribution in [0.3, 0.4) is 0 Å². The monoisotopic (exact) mass is 420 g/mol. The molecule has 2 aromatic carbocycles.